The number of nitrogens with one attached hydrogen (secondary N) is 2. The molecule has 0 radical (unpaired) electrons. The molecule has 0 aliphatic carbocycles. The van der Waals surface area contributed by atoms with Gasteiger partial charge in [-0.15, -0.1) is 10.2 Å². The van der Waals surface area contributed by atoms with Crippen LogP contribution >= 0.6 is 0 Å². The number of H-pyrrole nitrogens is 1. The van der Waals surface area contributed by atoms with Gasteiger partial charge in [-0.2, -0.15) is 0 Å². The van der Waals surface area contributed by atoms with E-state index in [-0.39, 0.29) is 41.4 Å². The molecule has 0 aliphatic rings. The molecule has 4 aromatic rings. The molecule has 0 spiro atoms. The number of phenolic OH excluding ortho intramolecular Hbond substituents is 1. The summed E-state index contributed by atoms with van der Waals surface area (Å²) in [5.74, 6) is -1.75. The van der Waals surface area contributed by atoms with Crippen molar-refractivity contribution < 1.29 is 24.2 Å². The molecule has 11 nitrogen and oxygen atoms in total. The summed E-state index contributed by atoms with van der Waals surface area (Å²) >= 11 is 0. The molecule has 0 aliphatic heterocycles. The van der Waals surface area contributed by atoms with E-state index in [1.54, 1.807) is 26.0 Å². The minimum Gasteiger partial charge on any atom is -0.508 e. The third-order valence-electron chi connectivity index (χ3n) is 6.03. The Morgan fingerprint density at radius 1 is 1.05 bits per heavy atom. The molecule has 1 amide bonds. The zero-order valence-corrected chi connectivity index (χ0v) is 21.3. The van der Waals surface area contributed by atoms with Crippen LogP contribution in [0, 0.1) is 12.8 Å². The number of hydrogen-bond acceptors (Lipinski definition) is 8. The molecular weight excluding hydrogens is 490 g/mol. The monoisotopic (exact) mass is 519 g/mol. The maximum atomic E-state index is 13.1. The Morgan fingerprint density at radius 3 is 2.47 bits per heavy atom. The van der Waals surface area contributed by atoms with Crippen LogP contribution in [0.3, 0.4) is 0 Å². The SMILES string of the molecule is Cc1cccc(Cc2nnc(C(=O)[C@@H](NC(=O)Cn3c(O)c(Cc4ccc(O)cc4)[nH]c3=O)C(C)C)o2)c1. The topological polar surface area (TPSA) is 163 Å². The fraction of sp³-hybridized carbons (Fsp3) is 0.296. The smallest absolute Gasteiger partial charge is 0.329 e. The van der Waals surface area contributed by atoms with Gasteiger partial charge in [-0.1, -0.05) is 55.8 Å². The summed E-state index contributed by atoms with van der Waals surface area (Å²) in [7, 11) is 0. The van der Waals surface area contributed by atoms with Gasteiger partial charge in [0, 0.05) is 6.42 Å². The molecule has 11 heteroatoms. The maximum absolute atomic E-state index is 13.1. The first-order valence-electron chi connectivity index (χ1n) is 12.1. The molecule has 0 saturated heterocycles. The molecule has 198 valence electrons. The van der Waals surface area contributed by atoms with E-state index < -0.39 is 30.0 Å². The summed E-state index contributed by atoms with van der Waals surface area (Å²) in [6.45, 7) is 4.97. The fourth-order valence-electron chi connectivity index (χ4n) is 4.05. The predicted octanol–water partition coefficient (Wildman–Crippen LogP) is 2.48. The summed E-state index contributed by atoms with van der Waals surface area (Å²) in [4.78, 5) is 40.9. The second-order valence-electron chi connectivity index (χ2n) is 9.48. The van der Waals surface area contributed by atoms with Gasteiger partial charge in [0.05, 0.1) is 18.2 Å². The van der Waals surface area contributed by atoms with Gasteiger partial charge in [0.25, 0.3) is 5.89 Å². The molecule has 2 aromatic carbocycles. The summed E-state index contributed by atoms with van der Waals surface area (Å²) in [6, 6.07) is 13.1. The van der Waals surface area contributed by atoms with Crippen molar-refractivity contribution in [3.8, 4) is 11.6 Å². The highest BCUT2D eigenvalue weighted by molar-refractivity contribution is 5.98. The van der Waals surface area contributed by atoms with Crippen LogP contribution in [0.15, 0.2) is 57.7 Å². The summed E-state index contributed by atoms with van der Waals surface area (Å²) in [6.07, 6.45) is 0.550. The van der Waals surface area contributed by atoms with Crippen molar-refractivity contribution in [1.82, 2.24) is 25.1 Å². The zero-order chi connectivity index (χ0) is 27.4. The highest BCUT2D eigenvalue weighted by atomic mass is 16.4. The van der Waals surface area contributed by atoms with Crippen LogP contribution in [-0.4, -0.2) is 47.7 Å². The van der Waals surface area contributed by atoms with Gasteiger partial charge in [0.1, 0.15) is 12.3 Å². The third-order valence-corrected chi connectivity index (χ3v) is 6.03. The van der Waals surface area contributed by atoms with Crippen LogP contribution in [0.4, 0.5) is 0 Å². The molecule has 4 N–H and O–H groups in total. The molecule has 0 saturated carbocycles. The number of aryl methyl sites for hydroxylation is 1. The van der Waals surface area contributed by atoms with Crippen LogP contribution < -0.4 is 11.0 Å². The highest BCUT2D eigenvalue weighted by Crippen LogP contribution is 2.19. The van der Waals surface area contributed by atoms with E-state index in [0.717, 1.165) is 21.3 Å². The van der Waals surface area contributed by atoms with Crippen molar-refractivity contribution in [3.63, 3.8) is 0 Å². The average molecular weight is 520 g/mol. The van der Waals surface area contributed by atoms with Gasteiger partial charge in [-0.05, 0) is 36.1 Å². The summed E-state index contributed by atoms with van der Waals surface area (Å²) in [5.41, 5.74) is 2.33. The highest BCUT2D eigenvalue weighted by Gasteiger charge is 2.30. The number of imidazole rings is 1. The van der Waals surface area contributed by atoms with Crippen LogP contribution in [0.25, 0.3) is 0 Å². The van der Waals surface area contributed by atoms with Gasteiger partial charge >= 0.3 is 5.69 Å². The van der Waals surface area contributed by atoms with Crippen LogP contribution in [0.1, 0.15) is 52.8 Å². The Labute approximate surface area is 218 Å². The maximum Gasteiger partial charge on any atom is 0.329 e. The first-order valence-corrected chi connectivity index (χ1v) is 12.1. The lowest BCUT2D eigenvalue weighted by Crippen LogP contribution is -2.46. The molecule has 0 fully saturated rings. The predicted molar refractivity (Wildman–Crippen MR) is 137 cm³/mol. The number of carbonyl (C=O) groups excluding carboxylic acids is 2. The number of hydrogen-bond donors (Lipinski definition) is 4. The number of amides is 1. The first kappa shape index (κ1) is 26.4. The van der Waals surface area contributed by atoms with E-state index in [0.29, 0.717) is 6.42 Å². The Kier molecular flexibility index (Phi) is 7.75. The third kappa shape index (κ3) is 6.17. The number of ketones is 1. The number of rotatable bonds is 10. The van der Waals surface area contributed by atoms with Gasteiger partial charge in [0.15, 0.2) is 0 Å². The number of Topliss-reactive ketones (excluding diaryl/α,β-unsaturated/α-hetero) is 1. The standard InChI is InChI=1S/C27H29N5O6/c1-15(2)23(24(35)25-31-30-22(38-25)13-18-6-4-5-16(3)11-18)29-21(34)14-32-26(36)20(28-27(32)37)12-17-7-9-19(33)10-8-17/h4-11,15,23,33,36H,12-14H2,1-3H3,(H,28,37)(H,29,34)/t23-/m0/s1. The normalized spacial score (nSPS) is 12.0. The summed E-state index contributed by atoms with van der Waals surface area (Å²) < 4.78 is 6.48. The minimum atomic E-state index is -0.983. The van der Waals surface area contributed by atoms with Crippen LogP contribution in [-0.2, 0) is 24.2 Å². The number of phenols is 1. The lowest BCUT2D eigenvalue weighted by atomic mass is 9.99. The van der Waals surface area contributed by atoms with Crippen molar-refractivity contribution in [2.24, 2.45) is 5.92 Å². The lowest BCUT2D eigenvalue weighted by Gasteiger charge is -2.19. The number of aromatic hydroxyl groups is 2. The van der Waals surface area contributed by atoms with Crippen molar-refractivity contribution in [2.75, 3.05) is 0 Å². The van der Waals surface area contributed by atoms with Gasteiger partial charge in [-0.25, -0.2) is 4.79 Å². The number of nitrogens with zero attached hydrogens (tertiary/aromatic N) is 3. The second kappa shape index (κ2) is 11.2. The number of aromatic amines is 1. The minimum absolute atomic E-state index is 0.0954. The molecular formula is C27H29N5O6. The van der Waals surface area contributed by atoms with Crippen molar-refractivity contribution >= 4 is 11.7 Å². The van der Waals surface area contributed by atoms with Gasteiger partial charge < -0.3 is 24.9 Å². The largest absolute Gasteiger partial charge is 0.508 e. The van der Waals surface area contributed by atoms with Crippen LogP contribution in [0.2, 0.25) is 0 Å². The van der Waals surface area contributed by atoms with Crippen molar-refractivity contribution in [2.45, 2.75) is 46.2 Å². The lowest BCUT2D eigenvalue weighted by molar-refractivity contribution is -0.122. The van der Waals surface area contributed by atoms with E-state index >= 15 is 0 Å². The first-order chi connectivity index (χ1) is 18.1. The fourth-order valence-corrected chi connectivity index (χ4v) is 4.05. The van der Waals surface area contributed by atoms with Gasteiger partial charge in [0.2, 0.25) is 23.5 Å². The van der Waals surface area contributed by atoms with E-state index in [9.17, 15) is 24.6 Å². The van der Waals surface area contributed by atoms with E-state index in [1.165, 1.54) is 12.1 Å². The number of benzene rings is 2. The zero-order valence-electron chi connectivity index (χ0n) is 21.3. The van der Waals surface area contributed by atoms with Crippen molar-refractivity contribution in [3.05, 3.63) is 93.2 Å². The Hall–Kier alpha value is -4.67. The van der Waals surface area contributed by atoms with Crippen molar-refractivity contribution in [1.29, 1.82) is 0 Å². The molecule has 4 rings (SSSR count). The van der Waals surface area contributed by atoms with E-state index in [2.05, 4.69) is 20.5 Å². The molecule has 0 unspecified atom stereocenters. The molecule has 0 bridgehead atoms. The Bertz CT molecular complexity index is 1500. The summed E-state index contributed by atoms with van der Waals surface area (Å²) in [5, 5.41) is 30.4. The Morgan fingerprint density at radius 2 is 1.79 bits per heavy atom. The van der Waals surface area contributed by atoms with Gasteiger partial charge in [-0.3, -0.25) is 14.2 Å². The molecule has 2 heterocycles. The second-order valence-corrected chi connectivity index (χ2v) is 9.48. The van der Waals surface area contributed by atoms with E-state index in [1.807, 2.05) is 31.2 Å². The quantitative estimate of drug-likeness (QED) is 0.232. The number of carbonyl (C=O) groups is 2. The number of aromatic nitrogens is 4. The van der Waals surface area contributed by atoms with Crippen LogP contribution in [0.5, 0.6) is 11.6 Å². The Balaban J connectivity index is 1.43. The van der Waals surface area contributed by atoms with E-state index in [4.69, 9.17) is 4.42 Å². The molecule has 2 aromatic heterocycles. The molecule has 1 atom stereocenters. The molecule has 38 heavy (non-hydrogen) atoms. The average Bonchev–Trinajstić information content (AvgIpc) is 3.43.